The SMILES string of the molecule is O=C(c1cccs1)N1CCCC(C(=O)N2CCN(c3ccccc3O)CC2)C1. The minimum absolute atomic E-state index is 0.0388. The van der Waals surface area contributed by atoms with Crippen LogP contribution < -0.4 is 4.90 Å². The number of phenols is 1. The van der Waals surface area contributed by atoms with Crippen LogP contribution in [0.2, 0.25) is 0 Å². The third kappa shape index (κ3) is 3.85. The fourth-order valence-electron chi connectivity index (χ4n) is 4.08. The highest BCUT2D eigenvalue weighted by Crippen LogP contribution is 2.28. The molecular weight excluding hydrogens is 374 g/mol. The van der Waals surface area contributed by atoms with Crippen molar-refractivity contribution < 1.29 is 14.7 Å². The number of hydrogen-bond acceptors (Lipinski definition) is 5. The predicted octanol–water partition coefficient (Wildman–Crippen LogP) is 2.65. The molecule has 1 unspecified atom stereocenters. The molecule has 0 radical (unpaired) electrons. The Bertz CT molecular complexity index is 831. The number of piperazine rings is 1. The van der Waals surface area contributed by atoms with Crippen molar-refractivity contribution in [2.75, 3.05) is 44.2 Å². The van der Waals surface area contributed by atoms with Gasteiger partial charge >= 0.3 is 0 Å². The zero-order valence-electron chi connectivity index (χ0n) is 15.8. The second kappa shape index (κ2) is 8.22. The summed E-state index contributed by atoms with van der Waals surface area (Å²) in [5.74, 6) is 0.351. The standard InChI is InChI=1S/C21H25N3O3S/c25-18-7-2-1-6-17(18)22-10-12-23(13-11-22)20(26)16-5-3-9-24(15-16)21(27)19-8-4-14-28-19/h1-2,4,6-8,14,16,25H,3,5,9-13,15H2. The molecule has 2 aliphatic rings. The van der Waals surface area contributed by atoms with Crippen LogP contribution in [0.4, 0.5) is 5.69 Å². The molecule has 148 valence electrons. The Morgan fingerprint density at radius 3 is 2.46 bits per heavy atom. The highest BCUT2D eigenvalue weighted by molar-refractivity contribution is 7.12. The molecule has 4 rings (SSSR count). The summed E-state index contributed by atoms with van der Waals surface area (Å²) in [5.41, 5.74) is 0.819. The molecule has 0 spiro atoms. The summed E-state index contributed by atoms with van der Waals surface area (Å²) in [5, 5.41) is 11.9. The first-order valence-electron chi connectivity index (χ1n) is 9.78. The molecule has 1 aromatic carbocycles. The normalized spacial score (nSPS) is 20.3. The number of piperidine rings is 1. The number of para-hydroxylation sites is 2. The van der Waals surface area contributed by atoms with Gasteiger partial charge in [-0.1, -0.05) is 18.2 Å². The van der Waals surface area contributed by atoms with E-state index in [0.717, 1.165) is 30.0 Å². The quantitative estimate of drug-likeness (QED) is 0.862. The monoisotopic (exact) mass is 399 g/mol. The van der Waals surface area contributed by atoms with Gasteiger partial charge < -0.3 is 19.8 Å². The number of hydrogen-bond donors (Lipinski definition) is 1. The molecule has 2 aliphatic heterocycles. The molecule has 0 saturated carbocycles. The average Bonchev–Trinajstić information content (AvgIpc) is 3.28. The Hall–Kier alpha value is -2.54. The second-order valence-corrected chi connectivity index (χ2v) is 8.32. The molecule has 1 atom stereocenters. The molecule has 1 N–H and O–H groups in total. The van der Waals surface area contributed by atoms with Crippen LogP contribution in [0.25, 0.3) is 0 Å². The van der Waals surface area contributed by atoms with Gasteiger partial charge in [0.1, 0.15) is 5.75 Å². The van der Waals surface area contributed by atoms with Gasteiger partial charge in [-0.05, 0) is 36.4 Å². The number of benzene rings is 1. The molecule has 7 heteroatoms. The Morgan fingerprint density at radius 2 is 1.75 bits per heavy atom. The van der Waals surface area contributed by atoms with Gasteiger partial charge in [-0.25, -0.2) is 0 Å². The summed E-state index contributed by atoms with van der Waals surface area (Å²) in [4.78, 5) is 32.3. The molecule has 2 amide bonds. The molecule has 2 fully saturated rings. The van der Waals surface area contributed by atoms with Gasteiger partial charge in [0.05, 0.1) is 16.5 Å². The van der Waals surface area contributed by atoms with E-state index in [1.165, 1.54) is 11.3 Å². The number of carbonyl (C=O) groups excluding carboxylic acids is 2. The van der Waals surface area contributed by atoms with E-state index in [4.69, 9.17) is 0 Å². The number of carbonyl (C=O) groups is 2. The zero-order valence-corrected chi connectivity index (χ0v) is 16.6. The number of rotatable bonds is 3. The third-order valence-corrected chi connectivity index (χ3v) is 6.46. The summed E-state index contributed by atoms with van der Waals surface area (Å²) in [6, 6.07) is 11.0. The first kappa shape index (κ1) is 18.8. The van der Waals surface area contributed by atoms with Crippen molar-refractivity contribution >= 4 is 28.8 Å². The number of likely N-dealkylation sites (tertiary alicyclic amines) is 1. The minimum Gasteiger partial charge on any atom is -0.506 e. The molecular formula is C21H25N3O3S. The summed E-state index contributed by atoms with van der Waals surface area (Å²) in [7, 11) is 0. The lowest BCUT2D eigenvalue weighted by Gasteiger charge is -2.39. The van der Waals surface area contributed by atoms with Crippen LogP contribution >= 0.6 is 11.3 Å². The predicted molar refractivity (Wildman–Crippen MR) is 110 cm³/mol. The third-order valence-electron chi connectivity index (χ3n) is 5.60. The van der Waals surface area contributed by atoms with Crippen molar-refractivity contribution in [3.63, 3.8) is 0 Å². The van der Waals surface area contributed by atoms with Crippen molar-refractivity contribution in [2.24, 2.45) is 5.92 Å². The smallest absolute Gasteiger partial charge is 0.263 e. The topological polar surface area (TPSA) is 64.1 Å². The number of phenolic OH excluding ortho intramolecular Hbond substituents is 1. The van der Waals surface area contributed by atoms with Crippen LogP contribution in [-0.2, 0) is 4.79 Å². The second-order valence-electron chi connectivity index (χ2n) is 7.37. The van der Waals surface area contributed by atoms with E-state index in [-0.39, 0.29) is 23.5 Å². The van der Waals surface area contributed by atoms with Crippen molar-refractivity contribution in [1.29, 1.82) is 0 Å². The average molecular weight is 400 g/mol. The van der Waals surface area contributed by atoms with Crippen molar-refractivity contribution in [2.45, 2.75) is 12.8 Å². The zero-order chi connectivity index (χ0) is 19.5. The molecule has 28 heavy (non-hydrogen) atoms. The highest BCUT2D eigenvalue weighted by Gasteiger charge is 2.33. The fourth-order valence-corrected chi connectivity index (χ4v) is 4.77. The number of amides is 2. The van der Waals surface area contributed by atoms with Crippen LogP contribution in [0.5, 0.6) is 5.75 Å². The van der Waals surface area contributed by atoms with Crippen LogP contribution in [0.3, 0.4) is 0 Å². The number of aromatic hydroxyl groups is 1. The molecule has 3 heterocycles. The first-order chi connectivity index (χ1) is 13.6. The van der Waals surface area contributed by atoms with E-state index in [2.05, 4.69) is 4.90 Å². The number of thiophene rings is 1. The highest BCUT2D eigenvalue weighted by atomic mass is 32.1. The Morgan fingerprint density at radius 1 is 0.964 bits per heavy atom. The lowest BCUT2D eigenvalue weighted by atomic mass is 9.96. The van der Waals surface area contributed by atoms with E-state index in [1.807, 2.05) is 45.5 Å². The van der Waals surface area contributed by atoms with Crippen molar-refractivity contribution in [3.8, 4) is 5.75 Å². The van der Waals surface area contributed by atoms with Gasteiger partial charge in [-0.15, -0.1) is 11.3 Å². The maximum atomic E-state index is 13.0. The maximum Gasteiger partial charge on any atom is 0.263 e. The van der Waals surface area contributed by atoms with Gasteiger partial charge in [-0.3, -0.25) is 9.59 Å². The van der Waals surface area contributed by atoms with E-state index in [1.54, 1.807) is 6.07 Å². The lowest BCUT2D eigenvalue weighted by Crippen LogP contribution is -2.53. The summed E-state index contributed by atoms with van der Waals surface area (Å²) < 4.78 is 0. The van der Waals surface area contributed by atoms with Gasteiger partial charge in [0.15, 0.2) is 0 Å². The molecule has 0 bridgehead atoms. The Kier molecular flexibility index (Phi) is 5.52. The summed E-state index contributed by atoms with van der Waals surface area (Å²) in [6.45, 7) is 3.92. The van der Waals surface area contributed by atoms with E-state index >= 15 is 0 Å². The van der Waals surface area contributed by atoms with Crippen LogP contribution in [0.15, 0.2) is 41.8 Å². The number of anilines is 1. The minimum atomic E-state index is -0.116. The Labute approximate surface area is 169 Å². The molecule has 1 aromatic heterocycles. The van der Waals surface area contributed by atoms with E-state index < -0.39 is 0 Å². The van der Waals surface area contributed by atoms with Gasteiger partial charge in [0.2, 0.25) is 5.91 Å². The molecule has 2 aromatic rings. The maximum absolute atomic E-state index is 13.0. The van der Waals surface area contributed by atoms with E-state index in [9.17, 15) is 14.7 Å². The number of nitrogens with zero attached hydrogens (tertiary/aromatic N) is 3. The van der Waals surface area contributed by atoms with E-state index in [0.29, 0.717) is 32.7 Å². The molecule has 2 saturated heterocycles. The lowest BCUT2D eigenvalue weighted by molar-refractivity contribution is -0.137. The first-order valence-corrected chi connectivity index (χ1v) is 10.7. The molecule has 6 nitrogen and oxygen atoms in total. The van der Waals surface area contributed by atoms with Crippen LogP contribution in [-0.4, -0.2) is 66.0 Å². The molecule has 0 aliphatic carbocycles. The van der Waals surface area contributed by atoms with Crippen molar-refractivity contribution in [1.82, 2.24) is 9.80 Å². The van der Waals surface area contributed by atoms with Crippen LogP contribution in [0.1, 0.15) is 22.5 Å². The fraction of sp³-hybridized carbons (Fsp3) is 0.429. The van der Waals surface area contributed by atoms with Crippen LogP contribution in [0, 0.1) is 5.92 Å². The van der Waals surface area contributed by atoms with Crippen molar-refractivity contribution in [3.05, 3.63) is 46.7 Å². The van der Waals surface area contributed by atoms with Gasteiger partial charge in [0, 0.05) is 39.3 Å². The van der Waals surface area contributed by atoms with Gasteiger partial charge in [-0.2, -0.15) is 0 Å². The largest absolute Gasteiger partial charge is 0.506 e. The Balaban J connectivity index is 1.35. The summed E-state index contributed by atoms with van der Waals surface area (Å²) >= 11 is 1.45. The summed E-state index contributed by atoms with van der Waals surface area (Å²) in [6.07, 6.45) is 1.71. The van der Waals surface area contributed by atoms with Gasteiger partial charge in [0.25, 0.3) is 5.91 Å².